The first-order valence-electron chi connectivity index (χ1n) is 7.39. The number of benzene rings is 2. The van der Waals surface area contributed by atoms with E-state index in [4.69, 9.17) is 10.5 Å². The molecule has 0 saturated carbocycles. The van der Waals surface area contributed by atoms with Crippen LogP contribution < -0.4 is 10.5 Å². The van der Waals surface area contributed by atoms with Crippen molar-refractivity contribution < 1.29 is 9.13 Å². The fourth-order valence-electron chi connectivity index (χ4n) is 2.16. The summed E-state index contributed by atoms with van der Waals surface area (Å²) >= 11 is 1.62. The summed E-state index contributed by atoms with van der Waals surface area (Å²) in [6.45, 7) is 0.634. The van der Waals surface area contributed by atoms with Crippen LogP contribution >= 0.6 is 11.3 Å². The molecule has 5 heteroatoms. The van der Waals surface area contributed by atoms with E-state index in [-0.39, 0.29) is 5.82 Å². The summed E-state index contributed by atoms with van der Waals surface area (Å²) in [6, 6.07) is 13.8. The Kier molecular flexibility index (Phi) is 4.88. The average Bonchev–Trinajstić information content (AvgIpc) is 3.03. The van der Waals surface area contributed by atoms with Crippen LogP contribution in [-0.4, -0.2) is 11.6 Å². The number of hydrogen-bond acceptors (Lipinski definition) is 4. The number of anilines is 1. The zero-order valence-electron chi connectivity index (χ0n) is 12.5. The molecule has 2 N–H and O–H groups in total. The van der Waals surface area contributed by atoms with E-state index in [1.54, 1.807) is 23.5 Å². The second-order valence-electron chi connectivity index (χ2n) is 5.15. The Morgan fingerprint density at radius 3 is 2.52 bits per heavy atom. The molecule has 0 saturated heterocycles. The second-order valence-corrected chi connectivity index (χ2v) is 6.10. The first-order valence-corrected chi connectivity index (χ1v) is 8.27. The fourth-order valence-corrected chi connectivity index (χ4v) is 3.01. The van der Waals surface area contributed by atoms with E-state index in [2.05, 4.69) is 4.98 Å². The molecule has 0 fully saturated rings. The lowest BCUT2D eigenvalue weighted by Crippen LogP contribution is -1.99. The number of nitrogens with two attached hydrogens (primary N) is 1. The van der Waals surface area contributed by atoms with Crippen LogP contribution in [0.25, 0.3) is 11.3 Å². The maximum Gasteiger partial charge on any atom is 0.123 e. The zero-order chi connectivity index (χ0) is 16.1. The normalized spacial score (nSPS) is 10.7. The van der Waals surface area contributed by atoms with Gasteiger partial charge in [-0.15, -0.1) is 11.3 Å². The van der Waals surface area contributed by atoms with E-state index in [9.17, 15) is 4.39 Å². The SMILES string of the molecule is Nc1ccc(OCCCc2nc(-c3ccc(F)cc3)cs2)cc1. The van der Waals surface area contributed by atoms with Crippen LogP contribution in [0.2, 0.25) is 0 Å². The quantitative estimate of drug-likeness (QED) is 0.534. The third-order valence-corrected chi connectivity index (χ3v) is 4.28. The number of hydrogen-bond donors (Lipinski definition) is 1. The maximum absolute atomic E-state index is 12.9. The molecule has 2 aromatic carbocycles. The minimum Gasteiger partial charge on any atom is -0.494 e. The second kappa shape index (κ2) is 7.24. The summed E-state index contributed by atoms with van der Waals surface area (Å²) in [5, 5.41) is 3.06. The van der Waals surface area contributed by atoms with Gasteiger partial charge in [-0.2, -0.15) is 0 Å². The molecule has 0 bridgehead atoms. The van der Waals surface area contributed by atoms with Gasteiger partial charge in [-0.1, -0.05) is 0 Å². The van der Waals surface area contributed by atoms with Crippen LogP contribution in [0.4, 0.5) is 10.1 Å². The first kappa shape index (κ1) is 15.5. The van der Waals surface area contributed by atoms with Gasteiger partial charge in [-0.3, -0.25) is 0 Å². The highest BCUT2D eigenvalue weighted by Crippen LogP contribution is 2.23. The molecule has 1 aromatic heterocycles. The Balaban J connectivity index is 1.49. The third-order valence-electron chi connectivity index (χ3n) is 3.38. The molecule has 3 rings (SSSR count). The minimum absolute atomic E-state index is 0.232. The number of aryl methyl sites for hydroxylation is 1. The molecular weight excluding hydrogens is 311 g/mol. The molecule has 1 heterocycles. The average molecular weight is 328 g/mol. The molecule has 0 spiro atoms. The van der Waals surface area contributed by atoms with Crippen LogP contribution in [0, 0.1) is 5.82 Å². The fraction of sp³-hybridized carbons (Fsp3) is 0.167. The summed E-state index contributed by atoms with van der Waals surface area (Å²) < 4.78 is 18.6. The topological polar surface area (TPSA) is 48.1 Å². The lowest BCUT2D eigenvalue weighted by molar-refractivity contribution is 0.311. The van der Waals surface area contributed by atoms with Gasteiger partial charge in [0.15, 0.2) is 0 Å². The Hall–Kier alpha value is -2.40. The van der Waals surface area contributed by atoms with Crippen molar-refractivity contribution >= 4 is 17.0 Å². The van der Waals surface area contributed by atoms with Crippen LogP contribution in [0.5, 0.6) is 5.75 Å². The zero-order valence-corrected chi connectivity index (χ0v) is 13.4. The van der Waals surface area contributed by atoms with Crippen LogP contribution in [0.3, 0.4) is 0 Å². The molecule has 3 aromatic rings. The summed E-state index contributed by atoms with van der Waals surface area (Å²) in [5.74, 6) is 0.592. The van der Waals surface area contributed by atoms with E-state index in [1.807, 2.05) is 29.6 Å². The van der Waals surface area contributed by atoms with E-state index < -0.39 is 0 Å². The minimum atomic E-state index is -0.232. The highest BCUT2D eigenvalue weighted by Gasteiger charge is 2.05. The molecule has 0 atom stereocenters. The lowest BCUT2D eigenvalue weighted by atomic mass is 10.2. The van der Waals surface area contributed by atoms with Gasteiger partial charge in [-0.25, -0.2) is 9.37 Å². The molecule has 3 nitrogen and oxygen atoms in total. The number of aromatic nitrogens is 1. The van der Waals surface area contributed by atoms with Crippen LogP contribution in [0.15, 0.2) is 53.9 Å². The van der Waals surface area contributed by atoms with Crippen molar-refractivity contribution in [1.29, 1.82) is 0 Å². The smallest absolute Gasteiger partial charge is 0.123 e. The van der Waals surface area contributed by atoms with Crippen LogP contribution in [-0.2, 0) is 6.42 Å². The number of ether oxygens (including phenoxy) is 1. The standard InChI is InChI=1S/C18H17FN2OS/c19-14-5-3-13(4-6-14)17-12-23-18(21-17)2-1-11-22-16-9-7-15(20)8-10-16/h3-10,12H,1-2,11,20H2. The molecule has 118 valence electrons. The van der Waals surface area contributed by atoms with Gasteiger partial charge in [0, 0.05) is 23.1 Å². The first-order chi connectivity index (χ1) is 11.2. The number of thiazole rings is 1. The largest absolute Gasteiger partial charge is 0.494 e. The Bertz CT molecular complexity index is 753. The Morgan fingerprint density at radius 2 is 1.78 bits per heavy atom. The van der Waals surface area contributed by atoms with Crippen molar-refractivity contribution in [1.82, 2.24) is 4.98 Å². The van der Waals surface area contributed by atoms with Gasteiger partial charge < -0.3 is 10.5 Å². The predicted octanol–water partition coefficient (Wildman–Crippen LogP) is 4.54. The van der Waals surface area contributed by atoms with E-state index in [1.165, 1.54) is 12.1 Å². The van der Waals surface area contributed by atoms with Gasteiger partial charge in [0.25, 0.3) is 0 Å². The number of nitrogen functional groups attached to an aromatic ring is 1. The third kappa shape index (κ3) is 4.29. The summed E-state index contributed by atoms with van der Waals surface area (Å²) in [7, 11) is 0. The molecular formula is C18H17FN2OS. The predicted molar refractivity (Wildman–Crippen MR) is 92.2 cm³/mol. The summed E-state index contributed by atoms with van der Waals surface area (Å²) in [5.41, 5.74) is 8.19. The molecule has 0 amide bonds. The van der Waals surface area contributed by atoms with Crippen molar-refractivity contribution in [2.45, 2.75) is 12.8 Å². The molecule has 0 radical (unpaired) electrons. The molecule has 0 unspecified atom stereocenters. The van der Waals surface area contributed by atoms with Gasteiger partial charge in [0.1, 0.15) is 11.6 Å². The Labute approximate surface area is 138 Å². The van der Waals surface area contributed by atoms with Gasteiger partial charge in [0.05, 0.1) is 17.3 Å². The van der Waals surface area contributed by atoms with Crippen molar-refractivity contribution in [3.63, 3.8) is 0 Å². The van der Waals surface area contributed by atoms with Gasteiger partial charge >= 0.3 is 0 Å². The van der Waals surface area contributed by atoms with E-state index in [0.717, 1.165) is 40.5 Å². The molecule has 0 aliphatic rings. The number of halogens is 1. The number of nitrogens with zero attached hydrogens (tertiary/aromatic N) is 1. The monoisotopic (exact) mass is 328 g/mol. The summed E-state index contributed by atoms with van der Waals surface area (Å²) in [6.07, 6.45) is 1.75. The Morgan fingerprint density at radius 1 is 1.04 bits per heavy atom. The highest BCUT2D eigenvalue weighted by atomic mass is 32.1. The molecule has 0 aliphatic heterocycles. The maximum atomic E-state index is 12.9. The van der Waals surface area contributed by atoms with Crippen molar-refractivity contribution in [2.75, 3.05) is 12.3 Å². The van der Waals surface area contributed by atoms with E-state index >= 15 is 0 Å². The molecule has 0 aliphatic carbocycles. The highest BCUT2D eigenvalue weighted by molar-refractivity contribution is 7.09. The van der Waals surface area contributed by atoms with Crippen molar-refractivity contribution in [3.05, 3.63) is 64.7 Å². The lowest BCUT2D eigenvalue weighted by Gasteiger charge is -2.05. The summed E-state index contributed by atoms with van der Waals surface area (Å²) in [4.78, 5) is 4.59. The number of rotatable bonds is 6. The van der Waals surface area contributed by atoms with E-state index in [0.29, 0.717) is 6.61 Å². The van der Waals surface area contributed by atoms with Crippen LogP contribution in [0.1, 0.15) is 11.4 Å². The van der Waals surface area contributed by atoms with Gasteiger partial charge in [-0.05, 0) is 55.0 Å². The molecule has 23 heavy (non-hydrogen) atoms. The van der Waals surface area contributed by atoms with Crippen molar-refractivity contribution in [3.8, 4) is 17.0 Å². The van der Waals surface area contributed by atoms with Gasteiger partial charge in [0.2, 0.25) is 0 Å². The van der Waals surface area contributed by atoms with Crippen molar-refractivity contribution in [2.24, 2.45) is 0 Å².